The van der Waals surface area contributed by atoms with Crippen LogP contribution in [0, 0.1) is 10.1 Å². The van der Waals surface area contributed by atoms with Crippen LogP contribution < -0.4 is 4.90 Å². The van der Waals surface area contributed by atoms with Gasteiger partial charge in [-0.05, 0) is 36.4 Å². The van der Waals surface area contributed by atoms with Crippen LogP contribution in [0.1, 0.15) is 0 Å². The average molecular weight is 470 g/mol. The summed E-state index contributed by atoms with van der Waals surface area (Å²) in [5, 5.41) is 20.6. The Morgan fingerprint density at radius 3 is 2.44 bits per heavy atom. The largest absolute Gasteiger partial charge is 0.368 e. The molecule has 1 aliphatic heterocycles. The number of anilines is 1. The first-order chi connectivity index (χ1) is 15.5. The highest BCUT2D eigenvalue weighted by molar-refractivity contribution is 7.99. The number of nitro groups is 1. The fraction of sp³-hybridized carbons (Fsp3) is 0.227. The number of amides is 1. The minimum Gasteiger partial charge on any atom is -0.368 e. The monoisotopic (exact) mass is 469 g/mol. The van der Waals surface area contributed by atoms with Gasteiger partial charge in [-0.3, -0.25) is 14.9 Å². The lowest BCUT2D eigenvalue weighted by Gasteiger charge is -2.36. The zero-order valence-corrected chi connectivity index (χ0v) is 18.6. The van der Waals surface area contributed by atoms with Crippen molar-refractivity contribution in [2.24, 2.45) is 0 Å². The fourth-order valence-electron chi connectivity index (χ4n) is 3.42. The minimum atomic E-state index is -0.442. The van der Waals surface area contributed by atoms with Crippen LogP contribution in [0.2, 0.25) is 5.02 Å². The number of nitro benzene ring substituents is 1. The molecule has 1 aliphatic rings. The van der Waals surface area contributed by atoms with E-state index in [1.165, 1.54) is 23.9 Å². The molecule has 10 heteroatoms. The molecule has 0 unspecified atom stereocenters. The van der Waals surface area contributed by atoms with Gasteiger partial charge in [-0.25, -0.2) is 0 Å². The Labute approximate surface area is 194 Å². The second kappa shape index (κ2) is 9.97. The third-order valence-electron chi connectivity index (χ3n) is 5.16. The van der Waals surface area contributed by atoms with Crippen LogP contribution in [0.25, 0.3) is 11.3 Å². The second-order valence-corrected chi connectivity index (χ2v) is 8.63. The van der Waals surface area contributed by atoms with Crippen LogP contribution in [-0.4, -0.2) is 57.9 Å². The maximum Gasteiger partial charge on any atom is 0.270 e. The zero-order valence-electron chi connectivity index (χ0n) is 17.1. The Kier molecular flexibility index (Phi) is 6.87. The first-order valence-corrected chi connectivity index (χ1v) is 11.4. The fourth-order valence-corrected chi connectivity index (χ4v) is 4.27. The van der Waals surface area contributed by atoms with E-state index in [0.717, 1.165) is 18.8 Å². The van der Waals surface area contributed by atoms with E-state index in [4.69, 9.17) is 11.6 Å². The molecule has 0 spiro atoms. The van der Waals surface area contributed by atoms with Gasteiger partial charge in [-0.1, -0.05) is 35.5 Å². The molecule has 1 aromatic heterocycles. The SMILES string of the molecule is O=C(CSc1ccc(-c2cccc([N+](=O)[O-])c2)nn1)N1CCN(c2ccc(Cl)cc2)CC1. The van der Waals surface area contributed by atoms with Crippen LogP contribution in [0.4, 0.5) is 11.4 Å². The van der Waals surface area contributed by atoms with Gasteiger partial charge in [-0.2, -0.15) is 0 Å². The van der Waals surface area contributed by atoms with Crippen molar-refractivity contribution >= 4 is 40.6 Å². The Bertz CT molecular complexity index is 1100. The Morgan fingerprint density at radius 2 is 1.78 bits per heavy atom. The van der Waals surface area contributed by atoms with Gasteiger partial charge in [0, 0.05) is 54.6 Å². The van der Waals surface area contributed by atoms with Gasteiger partial charge in [0.1, 0.15) is 5.03 Å². The van der Waals surface area contributed by atoms with Crippen molar-refractivity contribution in [3.63, 3.8) is 0 Å². The molecular formula is C22H20ClN5O3S. The van der Waals surface area contributed by atoms with Crippen molar-refractivity contribution in [3.05, 3.63) is 75.8 Å². The lowest BCUT2D eigenvalue weighted by atomic mass is 10.1. The van der Waals surface area contributed by atoms with Crippen molar-refractivity contribution in [2.45, 2.75) is 5.03 Å². The number of aromatic nitrogens is 2. The van der Waals surface area contributed by atoms with Gasteiger partial charge >= 0.3 is 0 Å². The van der Waals surface area contributed by atoms with E-state index < -0.39 is 4.92 Å². The smallest absolute Gasteiger partial charge is 0.270 e. The first-order valence-electron chi connectivity index (χ1n) is 9.99. The summed E-state index contributed by atoms with van der Waals surface area (Å²) in [6.45, 7) is 2.88. The molecule has 2 heterocycles. The molecule has 4 rings (SSSR count). The third-order valence-corrected chi connectivity index (χ3v) is 6.32. The van der Waals surface area contributed by atoms with Gasteiger partial charge in [0.2, 0.25) is 5.91 Å². The summed E-state index contributed by atoms with van der Waals surface area (Å²) in [4.78, 5) is 27.2. The topological polar surface area (TPSA) is 92.5 Å². The highest BCUT2D eigenvalue weighted by atomic mass is 35.5. The molecule has 0 bridgehead atoms. The maximum absolute atomic E-state index is 12.6. The predicted octanol–water partition coefficient (Wildman–Crippen LogP) is 4.15. The van der Waals surface area contributed by atoms with E-state index in [2.05, 4.69) is 15.1 Å². The quantitative estimate of drug-likeness (QED) is 0.304. The number of halogens is 1. The van der Waals surface area contributed by atoms with Gasteiger partial charge in [0.05, 0.1) is 16.4 Å². The summed E-state index contributed by atoms with van der Waals surface area (Å²) < 4.78 is 0. The number of piperazine rings is 1. The van der Waals surface area contributed by atoms with Gasteiger partial charge < -0.3 is 9.80 Å². The van der Waals surface area contributed by atoms with Crippen molar-refractivity contribution in [3.8, 4) is 11.3 Å². The molecule has 8 nitrogen and oxygen atoms in total. The molecule has 1 fully saturated rings. The van der Waals surface area contributed by atoms with Crippen molar-refractivity contribution in [2.75, 3.05) is 36.8 Å². The molecule has 3 aromatic rings. The average Bonchev–Trinajstić information content (AvgIpc) is 2.83. The van der Waals surface area contributed by atoms with E-state index >= 15 is 0 Å². The van der Waals surface area contributed by atoms with Crippen molar-refractivity contribution in [1.82, 2.24) is 15.1 Å². The Balaban J connectivity index is 1.28. The molecule has 164 valence electrons. The van der Waals surface area contributed by atoms with Crippen molar-refractivity contribution in [1.29, 1.82) is 0 Å². The summed E-state index contributed by atoms with van der Waals surface area (Å²) in [6, 6.07) is 17.5. The normalized spacial score (nSPS) is 13.8. The second-order valence-electron chi connectivity index (χ2n) is 7.20. The third kappa shape index (κ3) is 5.35. The van der Waals surface area contributed by atoms with Crippen LogP contribution in [0.15, 0.2) is 65.7 Å². The molecule has 2 aromatic carbocycles. The highest BCUT2D eigenvalue weighted by Crippen LogP contribution is 2.24. The molecule has 0 atom stereocenters. The molecule has 0 aliphatic carbocycles. The number of rotatable bonds is 6. The standard InChI is InChI=1S/C22H20ClN5O3S/c23-17-4-6-18(7-5-17)26-10-12-27(13-11-26)22(29)15-32-21-9-8-20(24-25-21)16-2-1-3-19(14-16)28(30)31/h1-9,14H,10-13,15H2. The van der Waals surface area contributed by atoms with Gasteiger partial charge in [-0.15, -0.1) is 10.2 Å². The van der Waals surface area contributed by atoms with Crippen molar-refractivity contribution < 1.29 is 9.72 Å². The number of thioether (sulfide) groups is 1. The molecule has 0 saturated carbocycles. The number of hydrogen-bond acceptors (Lipinski definition) is 7. The summed E-state index contributed by atoms with van der Waals surface area (Å²) in [5.74, 6) is 0.349. The number of hydrogen-bond donors (Lipinski definition) is 0. The Hall–Kier alpha value is -3.17. The van der Waals surface area contributed by atoms with Gasteiger partial charge in [0.15, 0.2) is 0 Å². The molecule has 0 N–H and O–H groups in total. The van der Waals surface area contributed by atoms with Gasteiger partial charge in [0.25, 0.3) is 5.69 Å². The minimum absolute atomic E-state index is 0.00417. The van der Waals surface area contributed by atoms with E-state index in [1.807, 2.05) is 29.2 Å². The zero-order chi connectivity index (χ0) is 22.5. The van der Waals surface area contributed by atoms with E-state index in [9.17, 15) is 14.9 Å². The predicted molar refractivity (Wildman–Crippen MR) is 125 cm³/mol. The first kappa shape index (κ1) is 22.0. The molecule has 1 amide bonds. The summed E-state index contributed by atoms with van der Waals surface area (Å²) in [6.07, 6.45) is 0. The molecule has 0 radical (unpaired) electrons. The lowest BCUT2D eigenvalue weighted by molar-refractivity contribution is -0.384. The van der Waals surface area contributed by atoms with Crippen LogP contribution in [-0.2, 0) is 4.79 Å². The van der Waals surface area contributed by atoms with E-state index in [-0.39, 0.29) is 17.3 Å². The van der Waals surface area contributed by atoms with Crippen LogP contribution >= 0.6 is 23.4 Å². The number of carbonyl (C=O) groups excluding carboxylic acids is 1. The molecular weight excluding hydrogens is 450 g/mol. The van der Waals surface area contributed by atoms with Crippen LogP contribution in [0.3, 0.4) is 0 Å². The summed E-state index contributed by atoms with van der Waals surface area (Å²) in [5.41, 5.74) is 2.28. The Morgan fingerprint density at radius 1 is 1.03 bits per heavy atom. The van der Waals surface area contributed by atoms with E-state index in [0.29, 0.717) is 34.4 Å². The summed E-state index contributed by atoms with van der Waals surface area (Å²) in [7, 11) is 0. The number of nitrogens with zero attached hydrogens (tertiary/aromatic N) is 5. The summed E-state index contributed by atoms with van der Waals surface area (Å²) >= 11 is 7.28. The number of non-ortho nitro benzene ring substituents is 1. The number of carbonyl (C=O) groups is 1. The number of benzene rings is 2. The maximum atomic E-state index is 12.6. The molecule has 32 heavy (non-hydrogen) atoms. The molecule has 1 saturated heterocycles. The van der Waals surface area contributed by atoms with Crippen LogP contribution in [0.5, 0.6) is 0 Å². The van der Waals surface area contributed by atoms with E-state index in [1.54, 1.807) is 24.3 Å². The lowest BCUT2D eigenvalue weighted by Crippen LogP contribution is -2.49. The highest BCUT2D eigenvalue weighted by Gasteiger charge is 2.21.